The Balaban J connectivity index is 4.43. The second-order valence-electron chi connectivity index (χ2n) is 5.96. The van der Waals surface area contributed by atoms with E-state index in [4.69, 9.17) is 26.1 Å². The van der Waals surface area contributed by atoms with E-state index in [2.05, 4.69) is 18.8 Å². The molecule has 0 amide bonds. The highest BCUT2D eigenvalue weighted by molar-refractivity contribution is 6.66. The summed E-state index contributed by atoms with van der Waals surface area (Å²) in [6.45, 7) is 8.03. The maximum Gasteiger partial charge on any atom is 0.335 e. The van der Waals surface area contributed by atoms with E-state index in [9.17, 15) is 0 Å². The quantitative estimate of drug-likeness (QED) is 0.274. The molecule has 0 saturated heterocycles. The zero-order valence-corrected chi connectivity index (χ0v) is 15.1. The van der Waals surface area contributed by atoms with Gasteiger partial charge in [0.15, 0.2) is 0 Å². The lowest BCUT2D eigenvalue weighted by molar-refractivity contribution is 0.0293. The Labute approximate surface area is 131 Å². The molecule has 128 valence electrons. The maximum atomic E-state index is 6.45. The van der Waals surface area contributed by atoms with Crippen LogP contribution in [0.1, 0.15) is 32.6 Å². The van der Waals surface area contributed by atoms with Crippen LogP contribution in [0.25, 0.3) is 0 Å². The van der Waals surface area contributed by atoms with Crippen molar-refractivity contribution in [3.63, 3.8) is 0 Å². The van der Waals surface area contributed by atoms with Gasteiger partial charge in [0.25, 0.3) is 0 Å². The summed E-state index contributed by atoms with van der Waals surface area (Å²) in [6.07, 6.45) is 3.75. The highest BCUT2D eigenvalue weighted by Gasteiger charge is 2.38. The molecule has 0 aromatic heterocycles. The number of nitrogens with two attached hydrogens (primary N) is 3. The molecule has 0 radical (unpaired) electrons. The largest absolute Gasteiger partial charge is 0.398 e. The van der Waals surface area contributed by atoms with Crippen LogP contribution in [0.2, 0.25) is 12.6 Å². The van der Waals surface area contributed by atoms with Crippen LogP contribution in [0, 0.1) is 0 Å². The van der Waals surface area contributed by atoms with E-state index in [0.29, 0.717) is 19.6 Å². The molecule has 0 aliphatic rings. The second-order valence-corrected chi connectivity index (χ2v) is 9.34. The third kappa shape index (κ3) is 9.57. The Morgan fingerprint density at radius 3 is 2.24 bits per heavy atom. The SMILES string of the molecule is CO[Si](C)(CCCNCCN)OC(C)(CCN)CCCN. The molecule has 0 fully saturated rings. The summed E-state index contributed by atoms with van der Waals surface area (Å²) in [5.74, 6) is 0. The molecular weight excluding hydrogens is 284 g/mol. The molecule has 0 rings (SSSR count). The lowest BCUT2D eigenvalue weighted by atomic mass is 9.96. The van der Waals surface area contributed by atoms with Gasteiger partial charge in [0.05, 0.1) is 5.60 Å². The summed E-state index contributed by atoms with van der Waals surface area (Å²) < 4.78 is 12.2. The van der Waals surface area contributed by atoms with Crippen molar-refractivity contribution < 1.29 is 8.85 Å². The molecule has 7 heteroatoms. The molecule has 2 atom stereocenters. The Bertz CT molecular complexity index is 261. The smallest absolute Gasteiger partial charge is 0.335 e. The van der Waals surface area contributed by atoms with Gasteiger partial charge in [-0.2, -0.15) is 0 Å². The van der Waals surface area contributed by atoms with E-state index < -0.39 is 8.56 Å². The fourth-order valence-corrected chi connectivity index (χ4v) is 4.94. The first-order chi connectivity index (χ1) is 9.95. The van der Waals surface area contributed by atoms with E-state index in [1.807, 2.05) is 0 Å². The molecule has 21 heavy (non-hydrogen) atoms. The van der Waals surface area contributed by atoms with E-state index in [-0.39, 0.29) is 5.60 Å². The lowest BCUT2D eigenvalue weighted by Gasteiger charge is -2.38. The summed E-state index contributed by atoms with van der Waals surface area (Å²) in [5.41, 5.74) is 16.6. The second kappa shape index (κ2) is 11.5. The van der Waals surface area contributed by atoms with Crippen molar-refractivity contribution in [3.05, 3.63) is 0 Å². The first kappa shape index (κ1) is 21.0. The minimum atomic E-state index is -2.17. The topological polar surface area (TPSA) is 109 Å². The van der Waals surface area contributed by atoms with Gasteiger partial charge < -0.3 is 31.4 Å². The van der Waals surface area contributed by atoms with Crippen molar-refractivity contribution >= 4 is 8.56 Å². The van der Waals surface area contributed by atoms with Crippen LogP contribution < -0.4 is 22.5 Å². The summed E-state index contributed by atoms with van der Waals surface area (Å²) in [5, 5.41) is 3.30. The molecular formula is C14H36N4O2Si. The number of hydrogen-bond donors (Lipinski definition) is 4. The van der Waals surface area contributed by atoms with Gasteiger partial charge >= 0.3 is 8.56 Å². The maximum absolute atomic E-state index is 6.45. The average molecular weight is 321 g/mol. The van der Waals surface area contributed by atoms with Crippen molar-refractivity contribution in [2.75, 3.05) is 39.8 Å². The molecule has 0 spiro atoms. The molecule has 6 nitrogen and oxygen atoms in total. The van der Waals surface area contributed by atoms with Gasteiger partial charge in [-0.3, -0.25) is 0 Å². The van der Waals surface area contributed by atoms with Crippen LogP contribution in [0.15, 0.2) is 0 Å². The van der Waals surface area contributed by atoms with Crippen molar-refractivity contribution in [3.8, 4) is 0 Å². The van der Waals surface area contributed by atoms with Gasteiger partial charge in [0.1, 0.15) is 0 Å². The van der Waals surface area contributed by atoms with Crippen LogP contribution in [0.4, 0.5) is 0 Å². The molecule has 0 aromatic carbocycles. The standard InChI is InChI=1S/C14H36N4O2Si/c1-14(7-9-16,6-4-8-15)20-21(3,19-2)13-5-11-18-12-10-17/h18H,4-13,15-17H2,1-3H3. The third-order valence-electron chi connectivity index (χ3n) is 3.78. The Morgan fingerprint density at radius 2 is 1.71 bits per heavy atom. The zero-order chi connectivity index (χ0) is 16.2. The van der Waals surface area contributed by atoms with E-state index in [1.165, 1.54) is 0 Å². The summed E-state index contributed by atoms with van der Waals surface area (Å²) >= 11 is 0. The van der Waals surface area contributed by atoms with Gasteiger partial charge in [-0.15, -0.1) is 0 Å². The molecule has 0 aliphatic carbocycles. The van der Waals surface area contributed by atoms with E-state index >= 15 is 0 Å². The number of rotatable bonds is 14. The Kier molecular flexibility index (Phi) is 11.5. The molecule has 0 bridgehead atoms. The van der Waals surface area contributed by atoms with E-state index in [0.717, 1.165) is 44.8 Å². The highest BCUT2D eigenvalue weighted by atomic mass is 28.4. The molecule has 0 aliphatic heterocycles. The minimum Gasteiger partial charge on any atom is -0.398 e. The van der Waals surface area contributed by atoms with E-state index in [1.54, 1.807) is 7.11 Å². The van der Waals surface area contributed by atoms with Crippen molar-refractivity contribution in [1.29, 1.82) is 0 Å². The van der Waals surface area contributed by atoms with Crippen LogP contribution >= 0.6 is 0 Å². The van der Waals surface area contributed by atoms with Gasteiger partial charge in [-0.25, -0.2) is 0 Å². The molecule has 0 heterocycles. The third-order valence-corrected chi connectivity index (χ3v) is 6.83. The lowest BCUT2D eigenvalue weighted by Crippen LogP contribution is -2.48. The summed E-state index contributed by atoms with van der Waals surface area (Å²) in [4.78, 5) is 0. The molecule has 0 saturated carbocycles. The summed E-state index contributed by atoms with van der Waals surface area (Å²) in [7, 11) is -0.419. The van der Waals surface area contributed by atoms with Gasteiger partial charge in [0.2, 0.25) is 0 Å². The highest BCUT2D eigenvalue weighted by Crippen LogP contribution is 2.29. The van der Waals surface area contributed by atoms with Crippen molar-refractivity contribution in [2.45, 2.75) is 50.8 Å². The van der Waals surface area contributed by atoms with Gasteiger partial charge in [-0.05, 0) is 64.8 Å². The fraction of sp³-hybridized carbons (Fsp3) is 1.00. The zero-order valence-electron chi connectivity index (χ0n) is 14.1. The predicted octanol–water partition coefficient (Wildman–Crippen LogP) is 0.506. The van der Waals surface area contributed by atoms with Gasteiger partial charge in [-0.1, -0.05) is 0 Å². The van der Waals surface area contributed by atoms with Crippen molar-refractivity contribution in [2.24, 2.45) is 17.2 Å². The van der Waals surface area contributed by atoms with Crippen LogP contribution in [0.3, 0.4) is 0 Å². The minimum absolute atomic E-state index is 0.226. The summed E-state index contributed by atoms with van der Waals surface area (Å²) in [6, 6.07) is 0.962. The number of nitrogens with one attached hydrogen (secondary N) is 1. The van der Waals surface area contributed by atoms with Gasteiger partial charge in [0, 0.05) is 20.2 Å². The van der Waals surface area contributed by atoms with Crippen LogP contribution in [-0.2, 0) is 8.85 Å². The van der Waals surface area contributed by atoms with Crippen LogP contribution in [0.5, 0.6) is 0 Å². The fourth-order valence-electron chi connectivity index (χ4n) is 2.49. The van der Waals surface area contributed by atoms with Crippen molar-refractivity contribution in [1.82, 2.24) is 5.32 Å². The first-order valence-corrected chi connectivity index (χ1v) is 10.5. The Morgan fingerprint density at radius 1 is 1.00 bits per heavy atom. The first-order valence-electron chi connectivity index (χ1n) is 8.01. The normalized spacial score (nSPS) is 17.4. The molecule has 2 unspecified atom stereocenters. The van der Waals surface area contributed by atoms with Crippen LogP contribution in [-0.4, -0.2) is 54.0 Å². The average Bonchev–Trinajstić information content (AvgIpc) is 2.45. The molecule has 0 aromatic rings. The monoisotopic (exact) mass is 320 g/mol. The molecule has 7 N–H and O–H groups in total. The Hall–Kier alpha value is -0.0231. The predicted molar refractivity (Wildman–Crippen MR) is 91.4 cm³/mol. The number of hydrogen-bond acceptors (Lipinski definition) is 6.